The molecule has 1 rings (SSSR count). The average molecular weight is 192 g/mol. The lowest BCUT2D eigenvalue weighted by Crippen LogP contribution is -2.19. The van der Waals surface area contributed by atoms with E-state index in [1.165, 1.54) is 0 Å². The maximum Gasteiger partial charge on any atom is 0.178 e. The van der Waals surface area contributed by atoms with Crippen LogP contribution in [0.1, 0.15) is 15.9 Å². The molecule has 0 fully saturated rings. The largest absolute Gasteiger partial charge is 0.377 e. The zero-order chi connectivity index (χ0) is 10.7. The summed E-state index contributed by atoms with van der Waals surface area (Å²) in [6.07, 6.45) is 0. The van der Waals surface area contributed by atoms with Gasteiger partial charge in [0.05, 0.1) is 6.54 Å². The Morgan fingerprint density at radius 1 is 1.43 bits per heavy atom. The van der Waals surface area contributed by atoms with Gasteiger partial charge >= 0.3 is 0 Å². The third kappa shape index (κ3) is 2.12. The molecule has 2 N–H and O–H groups in total. The lowest BCUT2D eigenvalue weighted by atomic mass is 10.0. The summed E-state index contributed by atoms with van der Waals surface area (Å²) >= 11 is 0. The molecule has 0 radical (unpaired) electrons. The summed E-state index contributed by atoms with van der Waals surface area (Å²) in [5, 5.41) is 0. The zero-order valence-corrected chi connectivity index (χ0v) is 8.87. The van der Waals surface area contributed by atoms with Crippen LogP contribution in [0, 0.1) is 6.92 Å². The number of hydrogen-bond acceptors (Lipinski definition) is 3. The number of hydrogen-bond donors (Lipinski definition) is 1. The van der Waals surface area contributed by atoms with Crippen molar-refractivity contribution in [1.82, 2.24) is 0 Å². The third-order valence-corrected chi connectivity index (χ3v) is 2.12. The molecule has 0 unspecified atom stereocenters. The molecule has 0 bridgehead atoms. The van der Waals surface area contributed by atoms with Crippen molar-refractivity contribution in [2.45, 2.75) is 6.92 Å². The monoisotopic (exact) mass is 192 g/mol. The molecule has 0 spiro atoms. The Morgan fingerprint density at radius 2 is 2.07 bits per heavy atom. The predicted molar refractivity (Wildman–Crippen MR) is 58.9 cm³/mol. The SMILES string of the molecule is Cc1ccc(N(C)C)c(C(=O)CN)c1. The van der Waals surface area contributed by atoms with Gasteiger partial charge in [-0.15, -0.1) is 0 Å². The van der Waals surface area contributed by atoms with Crippen LogP contribution in [-0.2, 0) is 0 Å². The van der Waals surface area contributed by atoms with Gasteiger partial charge in [-0.3, -0.25) is 4.79 Å². The first-order valence-corrected chi connectivity index (χ1v) is 4.57. The summed E-state index contributed by atoms with van der Waals surface area (Å²) < 4.78 is 0. The van der Waals surface area contributed by atoms with Crippen molar-refractivity contribution >= 4 is 11.5 Å². The Kier molecular flexibility index (Phi) is 3.25. The molecular weight excluding hydrogens is 176 g/mol. The highest BCUT2D eigenvalue weighted by Crippen LogP contribution is 2.20. The van der Waals surface area contributed by atoms with Crippen LogP contribution in [0.3, 0.4) is 0 Å². The van der Waals surface area contributed by atoms with E-state index >= 15 is 0 Å². The maximum absolute atomic E-state index is 11.5. The highest BCUT2D eigenvalue weighted by molar-refractivity contribution is 6.02. The van der Waals surface area contributed by atoms with Crippen molar-refractivity contribution in [3.63, 3.8) is 0 Å². The highest BCUT2D eigenvalue weighted by Gasteiger charge is 2.10. The van der Waals surface area contributed by atoms with Crippen molar-refractivity contribution in [2.24, 2.45) is 5.73 Å². The number of anilines is 1. The van der Waals surface area contributed by atoms with Crippen molar-refractivity contribution < 1.29 is 4.79 Å². The van der Waals surface area contributed by atoms with E-state index in [1.54, 1.807) is 0 Å². The second kappa shape index (κ2) is 4.24. The van der Waals surface area contributed by atoms with Gasteiger partial charge in [0.2, 0.25) is 0 Å². The average Bonchev–Trinajstić information content (AvgIpc) is 2.16. The van der Waals surface area contributed by atoms with Crippen LogP contribution >= 0.6 is 0 Å². The number of carbonyl (C=O) groups excluding carboxylic acids is 1. The van der Waals surface area contributed by atoms with E-state index in [9.17, 15) is 4.79 Å². The standard InChI is InChI=1S/C11H16N2O/c1-8-4-5-10(13(2)3)9(6-8)11(14)7-12/h4-6H,7,12H2,1-3H3. The van der Waals surface area contributed by atoms with Crippen LogP contribution in [0.4, 0.5) is 5.69 Å². The van der Waals surface area contributed by atoms with Gasteiger partial charge in [0.15, 0.2) is 5.78 Å². The molecule has 0 aliphatic heterocycles. The lowest BCUT2D eigenvalue weighted by Gasteiger charge is -2.16. The summed E-state index contributed by atoms with van der Waals surface area (Å²) in [6.45, 7) is 2.02. The summed E-state index contributed by atoms with van der Waals surface area (Å²) in [5.74, 6) is -0.0163. The molecule has 0 aliphatic rings. The minimum atomic E-state index is -0.0163. The van der Waals surface area contributed by atoms with Crippen molar-refractivity contribution in [1.29, 1.82) is 0 Å². The number of benzene rings is 1. The van der Waals surface area contributed by atoms with E-state index in [2.05, 4.69) is 0 Å². The van der Waals surface area contributed by atoms with Gasteiger partial charge in [0, 0.05) is 25.3 Å². The number of aryl methyl sites for hydroxylation is 1. The number of nitrogens with two attached hydrogens (primary N) is 1. The van der Waals surface area contributed by atoms with E-state index in [0.29, 0.717) is 5.56 Å². The molecule has 0 atom stereocenters. The molecule has 0 saturated heterocycles. The minimum absolute atomic E-state index is 0.0163. The third-order valence-electron chi connectivity index (χ3n) is 2.12. The van der Waals surface area contributed by atoms with Gasteiger partial charge in [0.25, 0.3) is 0 Å². The summed E-state index contributed by atoms with van der Waals surface area (Å²) in [5.41, 5.74) is 8.06. The van der Waals surface area contributed by atoms with Gasteiger partial charge in [0.1, 0.15) is 0 Å². The first-order valence-electron chi connectivity index (χ1n) is 4.57. The Balaban J connectivity index is 3.22. The second-order valence-corrected chi connectivity index (χ2v) is 3.54. The number of carbonyl (C=O) groups is 1. The molecule has 0 aromatic heterocycles. The van der Waals surface area contributed by atoms with Gasteiger partial charge in [-0.1, -0.05) is 11.6 Å². The number of ketones is 1. The Morgan fingerprint density at radius 3 is 2.57 bits per heavy atom. The summed E-state index contributed by atoms with van der Waals surface area (Å²) in [6, 6.07) is 5.81. The van der Waals surface area contributed by atoms with Crippen LogP contribution in [0.25, 0.3) is 0 Å². The lowest BCUT2D eigenvalue weighted by molar-refractivity contribution is 0.100. The summed E-state index contributed by atoms with van der Waals surface area (Å²) in [7, 11) is 3.83. The fraction of sp³-hybridized carbons (Fsp3) is 0.364. The van der Waals surface area contributed by atoms with E-state index < -0.39 is 0 Å². The van der Waals surface area contributed by atoms with Gasteiger partial charge < -0.3 is 10.6 Å². The minimum Gasteiger partial charge on any atom is -0.377 e. The van der Waals surface area contributed by atoms with E-state index in [4.69, 9.17) is 5.73 Å². The first-order chi connectivity index (χ1) is 6.56. The number of nitrogens with zero attached hydrogens (tertiary/aromatic N) is 1. The van der Waals surface area contributed by atoms with Crippen molar-refractivity contribution in [2.75, 3.05) is 25.5 Å². The first kappa shape index (κ1) is 10.7. The molecule has 1 aromatic carbocycles. The molecular formula is C11H16N2O. The quantitative estimate of drug-likeness (QED) is 0.732. The normalized spacial score (nSPS) is 10.0. The van der Waals surface area contributed by atoms with E-state index in [1.807, 2.05) is 44.1 Å². The van der Waals surface area contributed by atoms with Crippen LogP contribution in [0.5, 0.6) is 0 Å². The Labute approximate surface area is 84.5 Å². The molecule has 0 heterocycles. The number of Topliss-reactive ketones (excluding diaryl/α,β-unsaturated/α-hetero) is 1. The predicted octanol–water partition coefficient (Wildman–Crippen LogP) is 1.20. The Hall–Kier alpha value is -1.35. The molecule has 14 heavy (non-hydrogen) atoms. The smallest absolute Gasteiger partial charge is 0.178 e. The second-order valence-electron chi connectivity index (χ2n) is 3.54. The molecule has 3 heteroatoms. The topological polar surface area (TPSA) is 46.3 Å². The molecule has 0 amide bonds. The summed E-state index contributed by atoms with van der Waals surface area (Å²) in [4.78, 5) is 13.5. The fourth-order valence-corrected chi connectivity index (χ4v) is 1.37. The zero-order valence-electron chi connectivity index (χ0n) is 8.87. The van der Waals surface area contributed by atoms with E-state index in [0.717, 1.165) is 11.3 Å². The van der Waals surface area contributed by atoms with Crippen molar-refractivity contribution in [3.05, 3.63) is 29.3 Å². The van der Waals surface area contributed by atoms with Gasteiger partial charge in [-0.05, 0) is 19.1 Å². The van der Waals surface area contributed by atoms with Gasteiger partial charge in [-0.25, -0.2) is 0 Å². The number of rotatable bonds is 3. The highest BCUT2D eigenvalue weighted by atomic mass is 16.1. The molecule has 3 nitrogen and oxygen atoms in total. The van der Waals surface area contributed by atoms with Crippen LogP contribution in [0.2, 0.25) is 0 Å². The molecule has 0 aliphatic carbocycles. The van der Waals surface area contributed by atoms with Crippen LogP contribution in [-0.4, -0.2) is 26.4 Å². The fourth-order valence-electron chi connectivity index (χ4n) is 1.37. The molecule has 0 saturated carbocycles. The van der Waals surface area contributed by atoms with E-state index in [-0.39, 0.29) is 12.3 Å². The van der Waals surface area contributed by atoms with Crippen LogP contribution in [0.15, 0.2) is 18.2 Å². The molecule has 1 aromatic rings. The molecule has 76 valence electrons. The van der Waals surface area contributed by atoms with Crippen molar-refractivity contribution in [3.8, 4) is 0 Å². The maximum atomic E-state index is 11.5. The van der Waals surface area contributed by atoms with Crippen LogP contribution < -0.4 is 10.6 Å². The Bertz CT molecular complexity index is 345. The van der Waals surface area contributed by atoms with Gasteiger partial charge in [-0.2, -0.15) is 0 Å².